The van der Waals surface area contributed by atoms with Gasteiger partial charge in [-0.25, -0.2) is 0 Å². The smallest absolute Gasteiger partial charge is 0.191 e. The minimum Gasteiger partial charge on any atom is -0.369 e. The van der Waals surface area contributed by atoms with Crippen molar-refractivity contribution in [2.45, 2.75) is 32.4 Å². The molecule has 0 aliphatic carbocycles. The predicted molar refractivity (Wildman–Crippen MR) is 126 cm³/mol. The van der Waals surface area contributed by atoms with E-state index in [1.54, 1.807) is 0 Å². The minimum atomic E-state index is 0. The van der Waals surface area contributed by atoms with Gasteiger partial charge in [-0.05, 0) is 50.1 Å². The Morgan fingerprint density at radius 1 is 1.33 bits per heavy atom. The van der Waals surface area contributed by atoms with E-state index >= 15 is 0 Å². The lowest BCUT2D eigenvalue weighted by Gasteiger charge is -2.20. The molecule has 1 aromatic carbocycles. The van der Waals surface area contributed by atoms with Crippen molar-refractivity contribution < 1.29 is 0 Å². The Bertz CT molecular complexity index is 689. The number of nitrogens with one attached hydrogen (secondary N) is 2. The molecular weight excluding hydrogens is 519 g/mol. The summed E-state index contributed by atoms with van der Waals surface area (Å²) in [6.07, 6.45) is 5.90. The minimum absolute atomic E-state index is 0. The summed E-state index contributed by atoms with van der Waals surface area (Å²) >= 11 is 3.50. The van der Waals surface area contributed by atoms with Gasteiger partial charge in [0.25, 0.3) is 0 Å². The predicted octanol–water partition coefficient (Wildman–Crippen LogP) is 3.49. The van der Waals surface area contributed by atoms with Crippen LogP contribution in [0.15, 0.2) is 52.2 Å². The van der Waals surface area contributed by atoms with E-state index in [1.165, 1.54) is 5.69 Å². The van der Waals surface area contributed by atoms with Gasteiger partial charge in [0.2, 0.25) is 0 Å². The van der Waals surface area contributed by atoms with Crippen LogP contribution >= 0.6 is 39.9 Å². The SMILES string of the molecule is CCNC(=NCCCn1cccn1)NC1CCN(c2ccc(Br)cc2)C1.I. The molecule has 0 radical (unpaired) electrons. The standard InChI is InChI=1S/C19H27BrN6.HI/c1-2-21-19(22-10-3-12-26-13-4-11-23-26)24-17-9-14-25(15-17)18-7-5-16(20)6-8-18;/h4-8,11,13,17H,2-3,9-10,12,14-15H2,1H3,(H2,21,22,24);1H. The molecule has 1 fully saturated rings. The van der Waals surface area contributed by atoms with Crippen LogP contribution in [0.4, 0.5) is 5.69 Å². The van der Waals surface area contributed by atoms with Crippen molar-refractivity contribution in [1.29, 1.82) is 0 Å². The number of nitrogens with zero attached hydrogens (tertiary/aromatic N) is 4. The highest BCUT2D eigenvalue weighted by Gasteiger charge is 2.23. The van der Waals surface area contributed by atoms with E-state index in [2.05, 4.69) is 67.8 Å². The van der Waals surface area contributed by atoms with Gasteiger partial charge < -0.3 is 15.5 Å². The molecule has 0 bridgehead atoms. The van der Waals surface area contributed by atoms with Gasteiger partial charge in [-0.1, -0.05) is 15.9 Å². The highest BCUT2D eigenvalue weighted by Crippen LogP contribution is 2.22. The number of hydrogen-bond donors (Lipinski definition) is 2. The molecule has 8 heteroatoms. The summed E-state index contributed by atoms with van der Waals surface area (Å²) in [6, 6.07) is 10.9. The van der Waals surface area contributed by atoms with Crippen LogP contribution in [-0.4, -0.2) is 48.0 Å². The number of benzene rings is 1. The number of aryl methyl sites for hydroxylation is 1. The summed E-state index contributed by atoms with van der Waals surface area (Å²) in [5.74, 6) is 0.913. The van der Waals surface area contributed by atoms with E-state index in [0.29, 0.717) is 6.04 Å². The first-order chi connectivity index (χ1) is 12.7. The molecule has 2 heterocycles. The average molecular weight is 547 g/mol. The van der Waals surface area contributed by atoms with Gasteiger partial charge in [0, 0.05) is 61.3 Å². The fourth-order valence-corrected chi connectivity index (χ4v) is 3.40. The second-order valence-electron chi connectivity index (χ2n) is 6.44. The lowest BCUT2D eigenvalue weighted by atomic mass is 10.3. The van der Waals surface area contributed by atoms with E-state index in [0.717, 1.165) is 56.0 Å². The quantitative estimate of drug-likeness (QED) is 0.241. The third kappa shape index (κ3) is 6.99. The van der Waals surface area contributed by atoms with Crippen LogP contribution in [0.2, 0.25) is 0 Å². The molecule has 1 aliphatic heterocycles. The number of rotatable bonds is 7. The third-order valence-electron chi connectivity index (χ3n) is 4.44. The van der Waals surface area contributed by atoms with E-state index in [1.807, 2.05) is 23.1 Å². The Balaban J connectivity index is 0.00000261. The summed E-state index contributed by atoms with van der Waals surface area (Å²) in [5.41, 5.74) is 1.28. The molecule has 27 heavy (non-hydrogen) atoms. The first-order valence-corrected chi connectivity index (χ1v) is 10.1. The van der Waals surface area contributed by atoms with Crippen LogP contribution in [0.3, 0.4) is 0 Å². The Labute approximate surface area is 187 Å². The van der Waals surface area contributed by atoms with Crippen molar-refractivity contribution in [2.75, 3.05) is 31.1 Å². The molecule has 6 nitrogen and oxygen atoms in total. The molecule has 3 rings (SSSR count). The van der Waals surface area contributed by atoms with Crippen molar-refractivity contribution >= 4 is 51.6 Å². The molecule has 0 saturated carbocycles. The molecule has 1 aliphatic rings. The molecule has 1 atom stereocenters. The van der Waals surface area contributed by atoms with Gasteiger partial charge in [0.1, 0.15) is 0 Å². The van der Waals surface area contributed by atoms with Crippen LogP contribution < -0.4 is 15.5 Å². The number of guanidine groups is 1. The van der Waals surface area contributed by atoms with Gasteiger partial charge in [-0.3, -0.25) is 9.67 Å². The molecule has 1 saturated heterocycles. The molecule has 1 unspecified atom stereocenters. The number of aromatic nitrogens is 2. The van der Waals surface area contributed by atoms with Gasteiger partial charge in [-0.2, -0.15) is 5.10 Å². The van der Waals surface area contributed by atoms with Crippen molar-refractivity contribution in [2.24, 2.45) is 4.99 Å². The van der Waals surface area contributed by atoms with Crippen LogP contribution in [-0.2, 0) is 6.54 Å². The molecule has 1 aromatic heterocycles. The van der Waals surface area contributed by atoms with E-state index in [9.17, 15) is 0 Å². The summed E-state index contributed by atoms with van der Waals surface area (Å²) in [6.45, 7) is 6.73. The topological polar surface area (TPSA) is 57.5 Å². The second-order valence-corrected chi connectivity index (χ2v) is 7.35. The van der Waals surface area contributed by atoms with Crippen molar-refractivity contribution in [1.82, 2.24) is 20.4 Å². The van der Waals surface area contributed by atoms with E-state index in [-0.39, 0.29) is 24.0 Å². The van der Waals surface area contributed by atoms with Crippen LogP contribution in [0.1, 0.15) is 19.8 Å². The summed E-state index contributed by atoms with van der Waals surface area (Å²) in [4.78, 5) is 7.14. The summed E-state index contributed by atoms with van der Waals surface area (Å²) in [5, 5.41) is 11.2. The van der Waals surface area contributed by atoms with Gasteiger partial charge in [0.15, 0.2) is 5.96 Å². The van der Waals surface area contributed by atoms with Crippen molar-refractivity contribution in [3.05, 3.63) is 47.2 Å². The Kier molecular flexibility index (Phi) is 9.40. The van der Waals surface area contributed by atoms with Crippen LogP contribution in [0.5, 0.6) is 0 Å². The molecule has 0 spiro atoms. The van der Waals surface area contributed by atoms with Crippen LogP contribution in [0, 0.1) is 0 Å². The highest BCUT2D eigenvalue weighted by atomic mass is 127. The molecule has 0 amide bonds. The number of halogens is 2. The second kappa shape index (κ2) is 11.5. The molecule has 2 N–H and O–H groups in total. The molecule has 148 valence electrons. The third-order valence-corrected chi connectivity index (χ3v) is 4.97. The van der Waals surface area contributed by atoms with E-state index < -0.39 is 0 Å². The first kappa shape index (κ1) is 22.0. The first-order valence-electron chi connectivity index (χ1n) is 9.27. The average Bonchev–Trinajstić information content (AvgIpc) is 3.31. The van der Waals surface area contributed by atoms with Crippen LogP contribution in [0.25, 0.3) is 0 Å². The maximum absolute atomic E-state index is 4.71. The fourth-order valence-electron chi connectivity index (χ4n) is 3.13. The zero-order chi connectivity index (χ0) is 18.2. The Morgan fingerprint density at radius 3 is 2.85 bits per heavy atom. The Hall–Kier alpha value is -1.29. The Morgan fingerprint density at radius 2 is 2.15 bits per heavy atom. The summed E-state index contributed by atoms with van der Waals surface area (Å²) < 4.78 is 3.06. The highest BCUT2D eigenvalue weighted by molar-refractivity contribution is 14.0. The van der Waals surface area contributed by atoms with Crippen molar-refractivity contribution in [3.8, 4) is 0 Å². The largest absolute Gasteiger partial charge is 0.369 e. The molecular formula is C19H28BrIN6. The molecule has 2 aromatic rings. The van der Waals surface area contributed by atoms with Gasteiger partial charge >= 0.3 is 0 Å². The van der Waals surface area contributed by atoms with E-state index in [4.69, 9.17) is 4.99 Å². The zero-order valence-electron chi connectivity index (χ0n) is 15.6. The fraction of sp³-hybridized carbons (Fsp3) is 0.474. The van der Waals surface area contributed by atoms with Gasteiger partial charge in [-0.15, -0.1) is 24.0 Å². The zero-order valence-corrected chi connectivity index (χ0v) is 19.6. The number of hydrogen-bond acceptors (Lipinski definition) is 3. The monoisotopic (exact) mass is 546 g/mol. The maximum atomic E-state index is 4.71. The normalized spacial score (nSPS) is 16.9. The maximum Gasteiger partial charge on any atom is 0.191 e. The lowest BCUT2D eigenvalue weighted by Crippen LogP contribution is -2.44. The number of aliphatic imine (C=N–C) groups is 1. The summed E-state index contributed by atoms with van der Waals surface area (Å²) in [7, 11) is 0. The van der Waals surface area contributed by atoms with Crippen molar-refractivity contribution in [3.63, 3.8) is 0 Å². The lowest BCUT2D eigenvalue weighted by molar-refractivity contribution is 0.581. The number of anilines is 1. The van der Waals surface area contributed by atoms with Gasteiger partial charge in [0.05, 0.1) is 0 Å².